The molecule has 0 aliphatic rings. The van der Waals surface area contributed by atoms with Crippen molar-refractivity contribution < 1.29 is 14.4 Å². The molecule has 102 valence electrons. The molecule has 0 fully saturated rings. The van der Waals surface area contributed by atoms with E-state index in [1.54, 1.807) is 0 Å². The van der Waals surface area contributed by atoms with Crippen LogP contribution >= 0.6 is 0 Å². The van der Waals surface area contributed by atoms with Gasteiger partial charge >= 0.3 is 0 Å². The van der Waals surface area contributed by atoms with Crippen LogP contribution in [0.1, 0.15) is 36.7 Å². The second-order valence-electron chi connectivity index (χ2n) is 4.29. The number of aromatic nitrogens is 2. The molecule has 0 bridgehead atoms. The van der Waals surface area contributed by atoms with Gasteiger partial charge < -0.3 is 14.4 Å². The van der Waals surface area contributed by atoms with E-state index < -0.39 is 6.10 Å². The molecule has 1 aromatic carbocycles. The Labute approximate surface area is 112 Å². The SMILES string of the molecule is CCCOCc1noc(CC(O)c2ccccc2)n1. The van der Waals surface area contributed by atoms with Crippen LogP contribution in [0.4, 0.5) is 0 Å². The Kier molecular flexibility index (Phi) is 5.06. The predicted octanol–water partition coefficient (Wildman–Crippen LogP) is 2.27. The van der Waals surface area contributed by atoms with Crippen molar-refractivity contribution in [2.45, 2.75) is 32.5 Å². The Balaban J connectivity index is 1.89. The molecule has 1 heterocycles. The lowest BCUT2D eigenvalue weighted by atomic mass is 10.1. The van der Waals surface area contributed by atoms with Gasteiger partial charge in [-0.3, -0.25) is 0 Å². The molecule has 0 spiro atoms. The lowest BCUT2D eigenvalue weighted by Gasteiger charge is -2.07. The summed E-state index contributed by atoms with van der Waals surface area (Å²) in [5, 5.41) is 13.9. The number of nitrogens with zero attached hydrogens (tertiary/aromatic N) is 2. The van der Waals surface area contributed by atoms with E-state index >= 15 is 0 Å². The molecule has 2 aromatic rings. The minimum atomic E-state index is -0.633. The third-order valence-electron chi connectivity index (χ3n) is 2.64. The highest BCUT2D eigenvalue weighted by atomic mass is 16.5. The molecule has 1 N–H and O–H groups in total. The molecule has 0 saturated carbocycles. The van der Waals surface area contributed by atoms with Crippen molar-refractivity contribution in [2.24, 2.45) is 0 Å². The van der Waals surface area contributed by atoms with Crippen LogP contribution in [0, 0.1) is 0 Å². The molecule has 1 aromatic heterocycles. The van der Waals surface area contributed by atoms with Crippen molar-refractivity contribution in [2.75, 3.05) is 6.61 Å². The van der Waals surface area contributed by atoms with E-state index in [0.29, 0.717) is 31.3 Å². The van der Waals surface area contributed by atoms with Gasteiger partial charge in [-0.05, 0) is 12.0 Å². The zero-order valence-corrected chi connectivity index (χ0v) is 11.0. The molecular weight excluding hydrogens is 244 g/mol. The normalized spacial score (nSPS) is 12.5. The zero-order chi connectivity index (χ0) is 13.5. The fourth-order valence-corrected chi connectivity index (χ4v) is 1.70. The summed E-state index contributed by atoms with van der Waals surface area (Å²) in [4.78, 5) is 4.18. The minimum absolute atomic E-state index is 0.310. The number of aliphatic hydroxyl groups is 1. The molecule has 0 amide bonds. The summed E-state index contributed by atoms with van der Waals surface area (Å²) in [5.74, 6) is 0.940. The summed E-state index contributed by atoms with van der Waals surface area (Å²) >= 11 is 0. The molecule has 5 nitrogen and oxygen atoms in total. The van der Waals surface area contributed by atoms with Crippen LogP contribution in [-0.4, -0.2) is 21.9 Å². The summed E-state index contributed by atoms with van der Waals surface area (Å²) in [6.45, 7) is 3.06. The number of benzene rings is 1. The smallest absolute Gasteiger partial charge is 0.229 e. The average molecular weight is 262 g/mol. The second-order valence-corrected chi connectivity index (χ2v) is 4.29. The van der Waals surface area contributed by atoms with E-state index in [-0.39, 0.29) is 0 Å². The fourth-order valence-electron chi connectivity index (χ4n) is 1.70. The van der Waals surface area contributed by atoms with Gasteiger partial charge in [0.15, 0.2) is 5.82 Å². The van der Waals surface area contributed by atoms with Crippen LogP contribution in [0.2, 0.25) is 0 Å². The summed E-state index contributed by atoms with van der Waals surface area (Å²) in [5.41, 5.74) is 0.837. The van der Waals surface area contributed by atoms with Crippen LogP contribution in [0.3, 0.4) is 0 Å². The Bertz CT molecular complexity index is 484. The first-order valence-corrected chi connectivity index (χ1v) is 6.41. The molecule has 2 rings (SSSR count). The summed E-state index contributed by atoms with van der Waals surface area (Å²) in [7, 11) is 0. The van der Waals surface area contributed by atoms with Gasteiger partial charge in [-0.25, -0.2) is 0 Å². The number of hydrogen-bond donors (Lipinski definition) is 1. The van der Waals surface area contributed by atoms with Gasteiger partial charge in [0.1, 0.15) is 6.61 Å². The second kappa shape index (κ2) is 7.01. The summed E-state index contributed by atoms with van der Waals surface area (Å²) in [6.07, 6.45) is 0.633. The minimum Gasteiger partial charge on any atom is -0.388 e. The first-order chi connectivity index (χ1) is 9.29. The van der Waals surface area contributed by atoms with Crippen molar-refractivity contribution in [3.63, 3.8) is 0 Å². The number of ether oxygens (including phenoxy) is 1. The largest absolute Gasteiger partial charge is 0.388 e. The van der Waals surface area contributed by atoms with Crippen LogP contribution in [0.15, 0.2) is 34.9 Å². The highest BCUT2D eigenvalue weighted by molar-refractivity contribution is 5.18. The Morgan fingerprint density at radius 1 is 1.32 bits per heavy atom. The van der Waals surface area contributed by atoms with Crippen LogP contribution < -0.4 is 0 Å². The highest BCUT2D eigenvalue weighted by Gasteiger charge is 2.13. The molecule has 0 saturated heterocycles. The molecule has 0 aliphatic heterocycles. The van der Waals surface area contributed by atoms with Crippen molar-refractivity contribution in [3.8, 4) is 0 Å². The van der Waals surface area contributed by atoms with Crippen LogP contribution in [0.25, 0.3) is 0 Å². The maximum Gasteiger partial charge on any atom is 0.229 e. The third kappa shape index (κ3) is 4.15. The van der Waals surface area contributed by atoms with E-state index in [4.69, 9.17) is 9.26 Å². The highest BCUT2D eigenvalue weighted by Crippen LogP contribution is 2.16. The van der Waals surface area contributed by atoms with E-state index in [1.807, 2.05) is 37.3 Å². The quantitative estimate of drug-likeness (QED) is 0.775. The molecule has 1 atom stereocenters. The van der Waals surface area contributed by atoms with E-state index in [2.05, 4.69) is 10.1 Å². The van der Waals surface area contributed by atoms with Crippen molar-refractivity contribution in [1.82, 2.24) is 10.1 Å². The maximum absolute atomic E-state index is 10.0. The number of aliphatic hydroxyl groups excluding tert-OH is 1. The van der Waals surface area contributed by atoms with Gasteiger partial charge in [-0.2, -0.15) is 4.98 Å². The average Bonchev–Trinajstić information content (AvgIpc) is 2.88. The monoisotopic (exact) mass is 262 g/mol. The van der Waals surface area contributed by atoms with Crippen LogP contribution in [-0.2, 0) is 17.8 Å². The number of hydrogen-bond acceptors (Lipinski definition) is 5. The Hall–Kier alpha value is -1.72. The third-order valence-corrected chi connectivity index (χ3v) is 2.64. The molecule has 0 radical (unpaired) electrons. The van der Waals surface area contributed by atoms with Gasteiger partial charge in [0.2, 0.25) is 5.89 Å². The van der Waals surface area contributed by atoms with Crippen molar-refractivity contribution in [1.29, 1.82) is 0 Å². The first-order valence-electron chi connectivity index (χ1n) is 6.41. The molecule has 5 heteroatoms. The van der Waals surface area contributed by atoms with Gasteiger partial charge in [-0.15, -0.1) is 0 Å². The summed E-state index contributed by atoms with van der Waals surface area (Å²) < 4.78 is 10.4. The topological polar surface area (TPSA) is 68.4 Å². The van der Waals surface area contributed by atoms with Crippen molar-refractivity contribution >= 4 is 0 Å². The molecule has 19 heavy (non-hydrogen) atoms. The molecule has 1 unspecified atom stereocenters. The first kappa shape index (κ1) is 13.7. The zero-order valence-electron chi connectivity index (χ0n) is 11.0. The molecule has 0 aliphatic carbocycles. The van der Waals surface area contributed by atoms with Gasteiger partial charge in [-0.1, -0.05) is 42.4 Å². The van der Waals surface area contributed by atoms with Crippen LogP contribution in [0.5, 0.6) is 0 Å². The lowest BCUT2D eigenvalue weighted by molar-refractivity contribution is 0.114. The van der Waals surface area contributed by atoms with Gasteiger partial charge in [0, 0.05) is 6.61 Å². The van der Waals surface area contributed by atoms with E-state index in [9.17, 15) is 5.11 Å². The summed E-state index contributed by atoms with van der Waals surface area (Å²) in [6, 6.07) is 9.41. The van der Waals surface area contributed by atoms with E-state index in [1.165, 1.54) is 0 Å². The van der Waals surface area contributed by atoms with Gasteiger partial charge in [0.25, 0.3) is 0 Å². The Morgan fingerprint density at radius 2 is 2.11 bits per heavy atom. The number of rotatable bonds is 7. The standard InChI is InChI=1S/C14H18N2O3/c1-2-8-18-10-13-15-14(19-16-13)9-12(17)11-6-4-3-5-7-11/h3-7,12,17H,2,8-10H2,1H3. The maximum atomic E-state index is 10.0. The predicted molar refractivity (Wildman–Crippen MR) is 69.4 cm³/mol. The lowest BCUT2D eigenvalue weighted by Crippen LogP contribution is -2.02. The Morgan fingerprint density at radius 3 is 2.84 bits per heavy atom. The van der Waals surface area contributed by atoms with Crippen molar-refractivity contribution in [3.05, 3.63) is 47.6 Å². The van der Waals surface area contributed by atoms with E-state index in [0.717, 1.165) is 12.0 Å². The molecular formula is C14H18N2O3. The van der Waals surface area contributed by atoms with Gasteiger partial charge in [0.05, 0.1) is 12.5 Å². The fraction of sp³-hybridized carbons (Fsp3) is 0.429.